The minimum atomic E-state index is -1.42. The number of alkyl halides is 1. The molecule has 3 heterocycles. The van der Waals surface area contributed by atoms with Gasteiger partial charge in [0.05, 0.1) is 5.92 Å². The molecule has 28 heavy (non-hydrogen) atoms. The van der Waals surface area contributed by atoms with E-state index in [9.17, 15) is 18.4 Å². The Morgan fingerprint density at radius 1 is 1.29 bits per heavy atom. The molecule has 4 rings (SSSR count). The van der Waals surface area contributed by atoms with Crippen molar-refractivity contribution in [3.8, 4) is 0 Å². The molecule has 4 atom stereocenters. The van der Waals surface area contributed by atoms with Crippen molar-refractivity contribution in [2.24, 2.45) is 5.92 Å². The Bertz CT molecular complexity index is 769. The summed E-state index contributed by atoms with van der Waals surface area (Å²) in [6.45, 7) is 2.92. The molecular weight excluding hydrogens is 370 g/mol. The molecule has 3 fully saturated rings. The standard InChI is InChI=1S/C20H24F2N2O4/c1-11-2-3-16(22)12(8-11)9-13(21)10-15-17-19(28-17)24(20(26)23-18(15)25)14-4-6-27-7-5-14/h2-3,8,13-15,17,19H,4-7,9-10H2,1H3,(H,23,25,26)/t13-,15?,17?,19?/m1/s1. The lowest BCUT2D eigenvalue weighted by Crippen LogP contribution is -2.50. The number of hydrogen-bond donors (Lipinski definition) is 1. The number of imide groups is 1. The van der Waals surface area contributed by atoms with Crippen molar-refractivity contribution in [1.29, 1.82) is 0 Å². The number of halogens is 2. The lowest BCUT2D eigenvalue weighted by Gasteiger charge is -2.32. The molecule has 1 aromatic rings. The van der Waals surface area contributed by atoms with Crippen molar-refractivity contribution >= 4 is 11.9 Å². The van der Waals surface area contributed by atoms with Gasteiger partial charge in [0.15, 0.2) is 6.23 Å². The Labute approximate surface area is 162 Å². The van der Waals surface area contributed by atoms with Crippen LogP contribution >= 0.6 is 0 Å². The van der Waals surface area contributed by atoms with E-state index in [4.69, 9.17) is 9.47 Å². The number of benzene rings is 1. The summed E-state index contributed by atoms with van der Waals surface area (Å²) < 4.78 is 39.6. The van der Waals surface area contributed by atoms with Gasteiger partial charge in [-0.1, -0.05) is 17.7 Å². The molecule has 3 unspecified atom stereocenters. The van der Waals surface area contributed by atoms with Crippen LogP contribution in [0.25, 0.3) is 0 Å². The molecule has 3 amide bonds. The van der Waals surface area contributed by atoms with Crippen LogP contribution in [0.1, 0.15) is 30.4 Å². The lowest BCUT2D eigenvalue weighted by molar-refractivity contribution is -0.125. The van der Waals surface area contributed by atoms with E-state index in [1.807, 2.05) is 6.92 Å². The van der Waals surface area contributed by atoms with Crippen LogP contribution < -0.4 is 5.32 Å². The molecule has 0 radical (unpaired) electrons. The Morgan fingerprint density at radius 3 is 2.79 bits per heavy atom. The predicted octanol–water partition coefficient (Wildman–Crippen LogP) is 2.48. The minimum absolute atomic E-state index is 0.0575. The Balaban J connectivity index is 1.43. The summed E-state index contributed by atoms with van der Waals surface area (Å²) in [5, 5.41) is 2.38. The van der Waals surface area contributed by atoms with E-state index in [1.165, 1.54) is 6.07 Å². The molecule has 6 nitrogen and oxygen atoms in total. The van der Waals surface area contributed by atoms with E-state index in [0.29, 0.717) is 26.1 Å². The van der Waals surface area contributed by atoms with Gasteiger partial charge in [0, 0.05) is 25.7 Å². The van der Waals surface area contributed by atoms with E-state index in [0.717, 1.165) is 5.56 Å². The summed E-state index contributed by atoms with van der Waals surface area (Å²) >= 11 is 0. The fraction of sp³-hybridized carbons (Fsp3) is 0.600. The monoisotopic (exact) mass is 394 g/mol. The normalized spacial score (nSPS) is 29.1. The van der Waals surface area contributed by atoms with Crippen LogP contribution in [0.15, 0.2) is 18.2 Å². The number of hydrogen-bond acceptors (Lipinski definition) is 4. The summed E-state index contributed by atoms with van der Waals surface area (Å²) in [7, 11) is 0. The van der Waals surface area contributed by atoms with Gasteiger partial charge in [-0.25, -0.2) is 13.6 Å². The number of nitrogens with zero attached hydrogens (tertiary/aromatic N) is 1. The predicted molar refractivity (Wildman–Crippen MR) is 95.7 cm³/mol. The SMILES string of the molecule is Cc1ccc(F)c(C[C@@H](F)CC2C(=O)NC(=O)N(C3CCOCC3)C3OC23)c1. The minimum Gasteiger partial charge on any atom is -0.381 e. The third kappa shape index (κ3) is 3.89. The van der Waals surface area contributed by atoms with Crippen molar-refractivity contribution in [1.82, 2.24) is 10.2 Å². The van der Waals surface area contributed by atoms with E-state index < -0.39 is 42.2 Å². The largest absolute Gasteiger partial charge is 0.381 e. The number of carbonyl (C=O) groups excluding carboxylic acids is 2. The van der Waals surface area contributed by atoms with Crippen LogP contribution in [0, 0.1) is 18.7 Å². The van der Waals surface area contributed by atoms with Crippen molar-refractivity contribution in [3.63, 3.8) is 0 Å². The molecule has 3 aliphatic heterocycles. The van der Waals surface area contributed by atoms with Gasteiger partial charge >= 0.3 is 6.03 Å². The molecule has 0 aromatic heterocycles. The van der Waals surface area contributed by atoms with Gasteiger partial charge in [0.25, 0.3) is 0 Å². The maximum atomic E-state index is 14.7. The molecule has 0 aliphatic carbocycles. The Hall–Kier alpha value is -2.06. The van der Waals surface area contributed by atoms with Crippen molar-refractivity contribution in [2.75, 3.05) is 13.2 Å². The first-order valence-corrected chi connectivity index (χ1v) is 9.69. The average molecular weight is 394 g/mol. The molecule has 1 N–H and O–H groups in total. The van der Waals surface area contributed by atoms with Gasteiger partial charge in [-0.3, -0.25) is 15.0 Å². The summed E-state index contributed by atoms with van der Waals surface area (Å²) in [6.07, 6.45) is -1.32. The van der Waals surface area contributed by atoms with E-state index in [2.05, 4.69) is 5.32 Å². The summed E-state index contributed by atoms with van der Waals surface area (Å²) in [5.74, 6) is -1.76. The highest BCUT2D eigenvalue weighted by Crippen LogP contribution is 2.40. The van der Waals surface area contributed by atoms with Crippen LogP contribution in [0.2, 0.25) is 0 Å². The van der Waals surface area contributed by atoms with E-state index in [1.54, 1.807) is 17.0 Å². The van der Waals surface area contributed by atoms with Crippen LogP contribution in [-0.2, 0) is 20.7 Å². The van der Waals surface area contributed by atoms with Crippen molar-refractivity contribution in [3.05, 3.63) is 35.1 Å². The molecule has 1 aromatic carbocycles. The smallest absolute Gasteiger partial charge is 0.326 e. The van der Waals surface area contributed by atoms with E-state index in [-0.39, 0.29) is 24.4 Å². The first kappa shape index (κ1) is 19.3. The number of nitrogens with one attached hydrogen (secondary N) is 1. The third-order valence-corrected chi connectivity index (χ3v) is 5.71. The quantitative estimate of drug-likeness (QED) is 0.779. The molecule has 0 bridgehead atoms. The number of amides is 3. The highest BCUT2D eigenvalue weighted by molar-refractivity contribution is 5.97. The molecule has 0 saturated carbocycles. The molecule has 3 aliphatic rings. The van der Waals surface area contributed by atoms with Crippen molar-refractivity contribution in [2.45, 2.75) is 57.2 Å². The first-order valence-electron chi connectivity index (χ1n) is 9.69. The van der Waals surface area contributed by atoms with Crippen LogP contribution in [0.5, 0.6) is 0 Å². The van der Waals surface area contributed by atoms with Gasteiger partial charge in [0.1, 0.15) is 18.1 Å². The zero-order valence-electron chi connectivity index (χ0n) is 15.7. The fourth-order valence-electron chi connectivity index (χ4n) is 4.20. The van der Waals surface area contributed by atoms with Crippen LogP contribution in [-0.4, -0.2) is 54.6 Å². The molecule has 152 valence electrons. The maximum Gasteiger partial charge on any atom is 0.326 e. The van der Waals surface area contributed by atoms with Crippen LogP contribution in [0.3, 0.4) is 0 Å². The second-order valence-corrected chi connectivity index (χ2v) is 7.77. The number of urea groups is 1. The number of fused-ring (bicyclic) bond motifs is 1. The maximum absolute atomic E-state index is 14.7. The Kier molecular flexibility index (Phi) is 5.33. The highest BCUT2D eigenvalue weighted by atomic mass is 19.1. The van der Waals surface area contributed by atoms with Crippen LogP contribution in [0.4, 0.5) is 13.6 Å². The number of epoxide rings is 1. The number of carbonyl (C=O) groups is 2. The third-order valence-electron chi connectivity index (χ3n) is 5.71. The van der Waals surface area contributed by atoms with Gasteiger partial charge < -0.3 is 9.47 Å². The zero-order valence-corrected chi connectivity index (χ0v) is 15.7. The van der Waals surface area contributed by atoms with Gasteiger partial charge in [-0.05, 0) is 37.8 Å². The van der Waals surface area contributed by atoms with Gasteiger partial charge in [-0.15, -0.1) is 0 Å². The fourth-order valence-corrected chi connectivity index (χ4v) is 4.20. The van der Waals surface area contributed by atoms with Crippen molar-refractivity contribution < 1.29 is 27.8 Å². The Morgan fingerprint density at radius 2 is 2.04 bits per heavy atom. The second kappa shape index (κ2) is 7.75. The lowest BCUT2D eigenvalue weighted by atomic mass is 9.93. The molecule has 8 heteroatoms. The zero-order chi connectivity index (χ0) is 19.8. The molecule has 0 spiro atoms. The van der Waals surface area contributed by atoms with Gasteiger partial charge in [-0.2, -0.15) is 0 Å². The number of aryl methyl sites for hydroxylation is 1. The number of rotatable bonds is 5. The second-order valence-electron chi connectivity index (χ2n) is 7.77. The summed E-state index contributed by atoms with van der Waals surface area (Å²) in [4.78, 5) is 26.6. The number of ether oxygens (including phenoxy) is 2. The molecule has 3 saturated heterocycles. The topological polar surface area (TPSA) is 71.2 Å². The summed E-state index contributed by atoms with van der Waals surface area (Å²) in [5.41, 5.74) is 1.13. The molecular formula is C20H24F2N2O4. The summed E-state index contributed by atoms with van der Waals surface area (Å²) in [6, 6.07) is 4.01. The first-order chi connectivity index (χ1) is 13.4. The van der Waals surface area contributed by atoms with E-state index >= 15 is 0 Å². The average Bonchev–Trinajstić information content (AvgIpc) is 3.44. The van der Waals surface area contributed by atoms with Gasteiger partial charge in [0.2, 0.25) is 5.91 Å². The highest BCUT2D eigenvalue weighted by Gasteiger charge is 2.57.